The predicted molar refractivity (Wildman–Crippen MR) is 260 cm³/mol. The van der Waals surface area contributed by atoms with Crippen molar-refractivity contribution < 1.29 is 0 Å². The highest BCUT2D eigenvalue weighted by molar-refractivity contribution is 7.80. The van der Waals surface area contributed by atoms with Crippen LogP contribution in [0.5, 0.6) is 0 Å². The number of para-hydroxylation sites is 3. The second kappa shape index (κ2) is 14.1. The molecule has 13 rings (SSSR count). The van der Waals surface area contributed by atoms with Crippen LogP contribution in [0.15, 0.2) is 224 Å². The molecule has 11 aromatic rings. The van der Waals surface area contributed by atoms with Gasteiger partial charge in [-0.25, -0.2) is 15.0 Å². The van der Waals surface area contributed by atoms with E-state index < -0.39 is 13.3 Å². The van der Waals surface area contributed by atoms with Crippen LogP contribution in [0.1, 0.15) is 22.3 Å². The van der Waals surface area contributed by atoms with Crippen LogP contribution in [0.25, 0.3) is 72.8 Å². The molecule has 1 spiro atoms. The SMILES string of the molecule is c1ccc(-c2nc(-c3ccccc3)nc(-c3ccc(-c4ccc5c(c4)[P@@](c4ccccc4)c4ccccc4C54c5ccccc5-n5c6ccccc6c6cccc4c65)cc3)n2)cc1. The maximum Gasteiger partial charge on any atom is 0.164 e. The van der Waals surface area contributed by atoms with E-state index in [0.717, 1.165) is 22.3 Å². The molecule has 1 unspecified atom stereocenters. The van der Waals surface area contributed by atoms with Gasteiger partial charge < -0.3 is 4.57 Å². The highest BCUT2D eigenvalue weighted by atomic mass is 31.1. The molecule has 4 heterocycles. The number of nitrogens with zero attached hydrogens (tertiary/aromatic N) is 4. The monoisotopic (exact) mass is 820 g/mol. The van der Waals surface area contributed by atoms with Gasteiger partial charge >= 0.3 is 0 Å². The van der Waals surface area contributed by atoms with Gasteiger partial charge in [-0.05, 0) is 75.4 Å². The molecular formula is C58H37N4P. The normalized spacial score (nSPS) is 15.8. The lowest BCUT2D eigenvalue weighted by atomic mass is 9.62. The topological polar surface area (TPSA) is 43.6 Å². The average molecular weight is 821 g/mol. The molecule has 0 saturated carbocycles. The van der Waals surface area contributed by atoms with E-state index >= 15 is 0 Å². The fourth-order valence-electron chi connectivity index (χ4n) is 10.4. The van der Waals surface area contributed by atoms with Crippen molar-refractivity contribution in [1.29, 1.82) is 0 Å². The van der Waals surface area contributed by atoms with Crippen molar-refractivity contribution in [3.8, 4) is 51.0 Å². The first-order chi connectivity index (χ1) is 31.3. The number of hydrogen-bond donors (Lipinski definition) is 0. The maximum atomic E-state index is 5.02. The molecule has 2 aliphatic rings. The predicted octanol–water partition coefficient (Wildman–Crippen LogP) is 12.4. The Bertz CT molecular complexity index is 3510. The Morgan fingerprint density at radius 2 is 0.857 bits per heavy atom. The van der Waals surface area contributed by atoms with Crippen molar-refractivity contribution in [2.45, 2.75) is 5.41 Å². The Balaban J connectivity index is 1.02. The van der Waals surface area contributed by atoms with Gasteiger partial charge in [0.05, 0.1) is 22.1 Å². The van der Waals surface area contributed by atoms with Gasteiger partial charge in [-0.1, -0.05) is 206 Å². The van der Waals surface area contributed by atoms with Crippen LogP contribution in [0.4, 0.5) is 0 Å². The number of fused-ring (bicyclic) bond motifs is 11. The molecule has 0 aliphatic carbocycles. The molecule has 294 valence electrons. The zero-order valence-electron chi connectivity index (χ0n) is 34.1. The van der Waals surface area contributed by atoms with E-state index in [0.29, 0.717) is 17.5 Å². The van der Waals surface area contributed by atoms with Gasteiger partial charge in [0, 0.05) is 27.5 Å². The second-order valence-corrected chi connectivity index (χ2v) is 18.5. The van der Waals surface area contributed by atoms with Crippen LogP contribution in [-0.2, 0) is 5.41 Å². The van der Waals surface area contributed by atoms with E-state index in [2.05, 4.69) is 168 Å². The van der Waals surface area contributed by atoms with E-state index in [1.165, 1.54) is 71.2 Å². The molecule has 9 aromatic carbocycles. The minimum absolute atomic E-state index is 0.548. The first kappa shape index (κ1) is 35.9. The van der Waals surface area contributed by atoms with E-state index in [1.54, 1.807) is 0 Å². The van der Waals surface area contributed by atoms with Crippen LogP contribution in [0.3, 0.4) is 0 Å². The van der Waals surface area contributed by atoms with Gasteiger partial charge in [0.1, 0.15) is 0 Å². The van der Waals surface area contributed by atoms with E-state index in [-0.39, 0.29) is 0 Å². The van der Waals surface area contributed by atoms with Gasteiger partial charge in [-0.3, -0.25) is 0 Å². The van der Waals surface area contributed by atoms with Crippen LogP contribution < -0.4 is 15.9 Å². The summed E-state index contributed by atoms with van der Waals surface area (Å²) < 4.78 is 2.52. The van der Waals surface area contributed by atoms with Gasteiger partial charge in [-0.2, -0.15) is 0 Å². The summed E-state index contributed by atoms with van der Waals surface area (Å²) >= 11 is 0. The minimum atomic E-state index is -0.919. The molecule has 0 bridgehead atoms. The third-order valence-electron chi connectivity index (χ3n) is 13.0. The van der Waals surface area contributed by atoms with Gasteiger partial charge in [-0.15, -0.1) is 0 Å². The first-order valence-electron chi connectivity index (χ1n) is 21.5. The number of hydrogen-bond acceptors (Lipinski definition) is 3. The lowest BCUT2D eigenvalue weighted by Crippen LogP contribution is -2.47. The molecule has 4 nitrogen and oxygen atoms in total. The third kappa shape index (κ3) is 5.35. The molecule has 0 radical (unpaired) electrons. The molecule has 2 aliphatic heterocycles. The summed E-state index contributed by atoms with van der Waals surface area (Å²) in [5.74, 6) is 1.96. The van der Waals surface area contributed by atoms with Crippen molar-refractivity contribution in [3.05, 3.63) is 247 Å². The number of aromatic nitrogens is 4. The van der Waals surface area contributed by atoms with Crippen LogP contribution in [-0.4, -0.2) is 19.5 Å². The number of benzene rings is 9. The fraction of sp³-hybridized carbons (Fsp3) is 0.0172. The van der Waals surface area contributed by atoms with Gasteiger partial charge in [0.2, 0.25) is 0 Å². The van der Waals surface area contributed by atoms with Crippen LogP contribution in [0, 0.1) is 0 Å². The van der Waals surface area contributed by atoms with Crippen molar-refractivity contribution in [1.82, 2.24) is 19.5 Å². The fourth-order valence-corrected chi connectivity index (χ4v) is 13.1. The summed E-state index contributed by atoms with van der Waals surface area (Å²) in [6, 6.07) is 81.7. The van der Waals surface area contributed by atoms with Gasteiger partial charge in [0.15, 0.2) is 17.5 Å². The highest BCUT2D eigenvalue weighted by Gasteiger charge is 2.51. The van der Waals surface area contributed by atoms with E-state index in [9.17, 15) is 0 Å². The maximum absolute atomic E-state index is 5.02. The summed E-state index contributed by atoms with van der Waals surface area (Å²) in [5, 5.41) is 6.69. The van der Waals surface area contributed by atoms with Crippen LogP contribution >= 0.6 is 7.92 Å². The Morgan fingerprint density at radius 3 is 1.57 bits per heavy atom. The molecule has 0 saturated heterocycles. The third-order valence-corrected chi connectivity index (χ3v) is 15.6. The summed E-state index contributed by atoms with van der Waals surface area (Å²) in [4.78, 5) is 14.9. The highest BCUT2D eigenvalue weighted by Crippen LogP contribution is 2.58. The Kier molecular flexibility index (Phi) is 8.06. The summed E-state index contributed by atoms with van der Waals surface area (Å²) in [7, 11) is -0.919. The quantitative estimate of drug-likeness (QED) is 0.162. The molecule has 5 heteroatoms. The van der Waals surface area contributed by atoms with Crippen molar-refractivity contribution >= 4 is 45.6 Å². The Labute approximate surface area is 366 Å². The zero-order valence-corrected chi connectivity index (χ0v) is 35.0. The molecular weight excluding hydrogens is 784 g/mol. The van der Waals surface area contributed by atoms with Crippen molar-refractivity contribution in [2.24, 2.45) is 0 Å². The summed E-state index contributed by atoms with van der Waals surface area (Å²) in [6.45, 7) is 0. The minimum Gasteiger partial charge on any atom is -0.309 e. The zero-order chi connectivity index (χ0) is 41.5. The average Bonchev–Trinajstić information content (AvgIpc) is 3.71. The smallest absolute Gasteiger partial charge is 0.164 e. The molecule has 63 heavy (non-hydrogen) atoms. The summed E-state index contributed by atoms with van der Waals surface area (Å²) in [5.41, 5.74) is 13.7. The molecule has 0 N–H and O–H groups in total. The first-order valence-corrected chi connectivity index (χ1v) is 22.8. The standard InChI is InChI=1S/C58H37N4P/c1-4-17-39(18-5-1)55-59-56(40-19-6-2-7-20-40)61-57(60-55)41-33-31-38(32-34-41)42-35-36-48-53(37-42)63(43-21-8-3-9-22-43)52-30-15-12-26-47(52)58(48)46-25-11-14-29-51(46)62-50-28-13-10-23-44(50)45-24-16-27-49(58)54(45)62/h1-37H/t58?,63-/m0/s1. The summed E-state index contributed by atoms with van der Waals surface area (Å²) in [6.07, 6.45) is 0. The number of rotatable bonds is 5. The molecule has 2 atom stereocenters. The van der Waals surface area contributed by atoms with Gasteiger partial charge in [0.25, 0.3) is 0 Å². The van der Waals surface area contributed by atoms with Crippen molar-refractivity contribution in [3.63, 3.8) is 0 Å². The molecule has 0 fully saturated rings. The lowest BCUT2D eigenvalue weighted by Gasteiger charge is -2.48. The van der Waals surface area contributed by atoms with E-state index in [1.807, 2.05) is 60.7 Å². The second-order valence-electron chi connectivity index (χ2n) is 16.4. The van der Waals surface area contributed by atoms with Crippen LogP contribution in [0.2, 0.25) is 0 Å². The Hall–Kier alpha value is -7.78. The molecule has 2 aromatic heterocycles. The Morgan fingerprint density at radius 1 is 0.349 bits per heavy atom. The van der Waals surface area contributed by atoms with Crippen molar-refractivity contribution in [2.75, 3.05) is 0 Å². The van der Waals surface area contributed by atoms with E-state index in [4.69, 9.17) is 15.0 Å². The molecule has 0 amide bonds. The lowest BCUT2D eigenvalue weighted by molar-refractivity contribution is 0.734. The largest absolute Gasteiger partial charge is 0.309 e.